The van der Waals surface area contributed by atoms with Crippen LogP contribution in [0.2, 0.25) is 0 Å². The average Bonchev–Trinajstić information content (AvgIpc) is 3.32. The molecule has 0 aliphatic carbocycles. The Morgan fingerprint density at radius 3 is 3.20 bits per heavy atom. The first-order valence-corrected chi connectivity index (χ1v) is 8.29. The smallest absolute Gasteiger partial charge is 0.246 e. The van der Waals surface area contributed by atoms with Crippen LogP contribution in [0.15, 0.2) is 37.2 Å². The summed E-state index contributed by atoms with van der Waals surface area (Å²) >= 11 is 0. The number of fused-ring (bicyclic) bond motifs is 1. The first kappa shape index (κ1) is 15.4. The van der Waals surface area contributed by atoms with Crippen molar-refractivity contribution in [2.24, 2.45) is 0 Å². The molecule has 0 aromatic carbocycles. The Labute approximate surface area is 144 Å². The van der Waals surface area contributed by atoms with E-state index >= 15 is 0 Å². The number of imidazole rings is 1. The van der Waals surface area contributed by atoms with Crippen molar-refractivity contribution in [1.29, 1.82) is 0 Å². The van der Waals surface area contributed by atoms with E-state index in [4.69, 9.17) is 0 Å². The normalized spacial score (nSPS) is 18.1. The Morgan fingerprint density at radius 2 is 2.32 bits per heavy atom. The second-order valence-corrected chi connectivity index (χ2v) is 6.07. The van der Waals surface area contributed by atoms with Gasteiger partial charge in [0.05, 0.1) is 23.6 Å². The van der Waals surface area contributed by atoms with Gasteiger partial charge in [0.1, 0.15) is 17.8 Å². The van der Waals surface area contributed by atoms with Gasteiger partial charge in [-0.05, 0) is 25.0 Å². The minimum Gasteiger partial charge on any atom is -0.365 e. The summed E-state index contributed by atoms with van der Waals surface area (Å²) in [6.07, 6.45) is 12.0. The maximum absolute atomic E-state index is 12.4. The van der Waals surface area contributed by atoms with Crippen molar-refractivity contribution in [2.45, 2.75) is 18.9 Å². The average molecular weight is 337 g/mol. The third kappa shape index (κ3) is 3.37. The van der Waals surface area contributed by atoms with E-state index in [1.807, 2.05) is 17.2 Å². The van der Waals surface area contributed by atoms with Gasteiger partial charge < -0.3 is 20.2 Å². The SMILES string of the molecule is O=C(C=Cc1cnc[nH]1)N1CCC[C@@H](Nc2ncnc3[nH]ccc23)C1. The van der Waals surface area contributed by atoms with Gasteiger partial charge in [0.2, 0.25) is 5.91 Å². The lowest BCUT2D eigenvalue weighted by Gasteiger charge is -2.32. The van der Waals surface area contributed by atoms with E-state index in [1.165, 1.54) is 0 Å². The van der Waals surface area contributed by atoms with E-state index in [1.54, 1.807) is 31.0 Å². The number of nitrogens with one attached hydrogen (secondary N) is 3. The zero-order valence-electron chi connectivity index (χ0n) is 13.6. The first-order valence-electron chi connectivity index (χ1n) is 8.29. The molecule has 0 saturated carbocycles. The number of H-pyrrole nitrogens is 2. The molecule has 0 radical (unpaired) electrons. The summed E-state index contributed by atoms with van der Waals surface area (Å²) in [4.78, 5) is 32.8. The minimum absolute atomic E-state index is 0.00980. The van der Waals surface area contributed by atoms with E-state index in [9.17, 15) is 4.79 Å². The highest BCUT2D eigenvalue weighted by Crippen LogP contribution is 2.21. The lowest BCUT2D eigenvalue weighted by molar-refractivity contribution is -0.126. The van der Waals surface area contributed by atoms with Gasteiger partial charge in [-0.2, -0.15) is 0 Å². The Kier molecular flexibility index (Phi) is 4.16. The maximum Gasteiger partial charge on any atom is 0.246 e. The molecule has 3 aromatic heterocycles. The van der Waals surface area contributed by atoms with Crippen molar-refractivity contribution in [3.63, 3.8) is 0 Å². The van der Waals surface area contributed by atoms with Crippen LogP contribution in [0, 0.1) is 0 Å². The van der Waals surface area contributed by atoms with Gasteiger partial charge in [0.15, 0.2) is 0 Å². The highest BCUT2D eigenvalue weighted by Gasteiger charge is 2.23. The van der Waals surface area contributed by atoms with Gasteiger partial charge in [0.25, 0.3) is 0 Å². The van der Waals surface area contributed by atoms with Crippen LogP contribution in [0.4, 0.5) is 5.82 Å². The van der Waals surface area contributed by atoms with Crippen LogP contribution in [0.25, 0.3) is 17.1 Å². The summed E-state index contributed by atoms with van der Waals surface area (Å²) in [5.74, 6) is 0.814. The molecule has 0 unspecified atom stereocenters. The van der Waals surface area contributed by atoms with Gasteiger partial charge >= 0.3 is 0 Å². The van der Waals surface area contributed by atoms with Crippen LogP contribution in [0.1, 0.15) is 18.5 Å². The number of amides is 1. The monoisotopic (exact) mass is 337 g/mol. The molecular weight excluding hydrogens is 318 g/mol. The van der Waals surface area contributed by atoms with Gasteiger partial charge in [-0.1, -0.05) is 0 Å². The Hall–Kier alpha value is -3.16. The molecule has 1 atom stereocenters. The number of piperidine rings is 1. The number of hydrogen-bond acceptors (Lipinski definition) is 5. The van der Waals surface area contributed by atoms with Crippen LogP contribution >= 0.6 is 0 Å². The lowest BCUT2D eigenvalue weighted by atomic mass is 10.1. The predicted octanol–water partition coefficient (Wildman–Crippen LogP) is 1.80. The van der Waals surface area contributed by atoms with Crippen LogP contribution in [0.3, 0.4) is 0 Å². The molecule has 1 fully saturated rings. The third-order valence-electron chi connectivity index (χ3n) is 4.35. The fourth-order valence-electron chi connectivity index (χ4n) is 3.10. The van der Waals surface area contributed by atoms with Gasteiger partial charge in [0, 0.05) is 31.4 Å². The van der Waals surface area contributed by atoms with E-state index < -0.39 is 0 Å². The number of carbonyl (C=O) groups excluding carboxylic acids is 1. The van der Waals surface area contributed by atoms with Gasteiger partial charge in [-0.25, -0.2) is 15.0 Å². The number of rotatable bonds is 4. The highest BCUT2D eigenvalue weighted by molar-refractivity contribution is 5.91. The summed E-state index contributed by atoms with van der Waals surface area (Å²) in [5.41, 5.74) is 1.62. The third-order valence-corrected chi connectivity index (χ3v) is 4.35. The molecule has 0 bridgehead atoms. The zero-order chi connectivity index (χ0) is 17.1. The van der Waals surface area contributed by atoms with Crippen molar-refractivity contribution in [3.05, 3.63) is 42.9 Å². The summed E-state index contributed by atoms with van der Waals surface area (Å²) < 4.78 is 0. The van der Waals surface area contributed by atoms with Crippen molar-refractivity contribution >= 4 is 28.8 Å². The molecule has 1 saturated heterocycles. The fourth-order valence-corrected chi connectivity index (χ4v) is 3.10. The highest BCUT2D eigenvalue weighted by atomic mass is 16.2. The Balaban J connectivity index is 1.42. The van der Waals surface area contributed by atoms with Crippen LogP contribution in [0.5, 0.6) is 0 Å². The van der Waals surface area contributed by atoms with E-state index in [0.717, 1.165) is 41.9 Å². The number of likely N-dealkylation sites (tertiary alicyclic amines) is 1. The summed E-state index contributed by atoms with van der Waals surface area (Å²) in [7, 11) is 0. The number of nitrogens with zero attached hydrogens (tertiary/aromatic N) is 4. The second kappa shape index (κ2) is 6.76. The van der Waals surface area contributed by atoms with Gasteiger partial charge in [-0.3, -0.25) is 4.79 Å². The topological polar surface area (TPSA) is 103 Å². The van der Waals surface area contributed by atoms with Crippen molar-refractivity contribution in [1.82, 2.24) is 29.8 Å². The molecule has 4 rings (SSSR count). The molecule has 1 aliphatic heterocycles. The molecule has 8 heteroatoms. The molecule has 128 valence electrons. The summed E-state index contributed by atoms with van der Waals surface area (Å²) in [6, 6.07) is 2.13. The molecule has 3 N–H and O–H groups in total. The minimum atomic E-state index is 0.00980. The van der Waals surface area contributed by atoms with Crippen LogP contribution in [-0.2, 0) is 4.79 Å². The molecule has 3 aromatic rings. The largest absolute Gasteiger partial charge is 0.365 e. The summed E-state index contributed by atoms with van der Waals surface area (Å²) in [5, 5.41) is 4.42. The molecule has 8 nitrogen and oxygen atoms in total. The Bertz CT molecular complexity index is 883. The van der Waals surface area contributed by atoms with Crippen LogP contribution < -0.4 is 5.32 Å². The number of aromatic nitrogens is 5. The molecular formula is C17H19N7O. The fraction of sp³-hybridized carbons (Fsp3) is 0.294. The van der Waals surface area contributed by atoms with Gasteiger partial charge in [-0.15, -0.1) is 0 Å². The maximum atomic E-state index is 12.4. The van der Waals surface area contributed by atoms with E-state index in [0.29, 0.717) is 6.54 Å². The quantitative estimate of drug-likeness (QED) is 0.630. The van der Waals surface area contributed by atoms with Crippen molar-refractivity contribution in [3.8, 4) is 0 Å². The van der Waals surface area contributed by atoms with Crippen molar-refractivity contribution in [2.75, 3.05) is 18.4 Å². The van der Waals surface area contributed by atoms with Crippen LogP contribution in [-0.4, -0.2) is 54.9 Å². The molecule has 25 heavy (non-hydrogen) atoms. The van der Waals surface area contributed by atoms with E-state index in [2.05, 4.69) is 30.2 Å². The summed E-state index contributed by atoms with van der Waals surface area (Å²) in [6.45, 7) is 1.43. The molecule has 4 heterocycles. The van der Waals surface area contributed by atoms with Crippen molar-refractivity contribution < 1.29 is 4.79 Å². The van der Waals surface area contributed by atoms with E-state index in [-0.39, 0.29) is 11.9 Å². The number of anilines is 1. The number of hydrogen-bond donors (Lipinski definition) is 3. The zero-order valence-corrected chi connectivity index (χ0v) is 13.6. The molecule has 1 aliphatic rings. The predicted molar refractivity (Wildman–Crippen MR) is 94.7 cm³/mol. The lowest BCUT2D eigenvalue weighted by Crippen LogP contribution is -2.44. The number of aromatic amines is 2. The molecule has 1 amide bonds. The second-order valence-electron chi connectivity index (χ2n) is 6.07. The first-order chi connectivity index (χ1) is 12.3. The standard InChI is InChI=1S/C17H19N7O/c25-15(4-3-12-8-18-10-20-12)24-7-1-2-13(9-24)23-17-14-5-6-19-16(14)21-11-22-17/h3-6,8,10-11,13H,1-2,7,9H2,(H,18,20)(H2,19,21,22,23)/t13-/m1/s1. The Morgan fingerprint density at radius 1 is 1.36 bits per heavy atom. The number of carbonyl (C=O) groups is 1. The molecule has 0 spiro atoms.